The lowest BCUT2D eigenvalue weighted by Gasteiger charge is -2.02. The second kappa shape index (κ2) is 4.70. The Morgan fingerprint density at radius 2 is 2.17 bits per heavy atom. The van der Waals surface area contributed by atoms with E-state index < -0.39 is 18.4 Å². The molecule has 0 aliphatic heterocycles. The first-order valence-electron chi connectivity index (χ1n) is 5.78. The third-order valence-electron chi connectivity index (χ3n) is 3.17. The molecule has 2 atom stereocenters. The third-order valence-corrected chi connectivity index (χ3v) is 3.17. The van der Waals surface area contributed by atoms with Crippen LogP contribution in [0.4, 0.5) is 13.2 Å². The second-order valence-corrected chi connectivity index (χ2v) is 4.76. The van der Waals surface area contributed by atoms with E-state index in [1.54, 1.807) is 0 Å². The number of hydrogen-bond acceptors (Lipinski definition) is 4. The molecule has 2 rings (SSSR count). The maximum atomic E-state index is 12.1. The van der Waals surface area contributed by atoms with Gasteiger partial charge in [-0.25, -0.2) is 0 Å². The van der Waals surface area contributed by atoms with Gasteiger partial charge in [-0.05, 0) is 25.2 Å². The van der Waals surface area contributed by atoms with Gasteiger partial charge < -0.3 is 4.52 Å². The Labute approximate surface area is 102 Å². The van der Waals surface area contributed by atoms with E-state index in [0.717, 1.165) is 19.3 Å². The molecule has 100 valence electrons. The topological polar surface area (TPSA) is 56.0 Å². The zero-order chi connectivity index (χ0) is 13.3. The molecule has 7 heteroatoms. The summed E-state index contributed by atoms with van der Waals surface area (Å²) in [4.78, 5) is 14.6. The minimum absolute atomic E-state index is 0.137. The van der Waals surface area contributed by atoms with Gasteiger partial charge >= 0.3 is 6.18 Å². The average Bonchev–Trinajstić information content (AvgIpc) is 2.85. The molecule has 0 bridgehead atoms. The minimum atomic E-state index is -4.85. The summed E-state index contributed by atoms with van der Waals surface area (Å²) < 4.78 is 40.9. The van der Waals surface area contributed by atoms with Crippen LogP contribution in [0.15, 0.2) is 4.52 Å². The molecular weight excluding hydrogens is 249 g/mol. The first-order valence-corrected chi connectivity index (χ1v) is 5.78. The number of aromatic nitrogens is 2. The van der Waals surface area contributed by atoms with Crippen molar-refractivity contribution in [3.8, 4) is 0 Å². The fourth-order valence-corrected chi connectivity index (χ4v) is 2.18. The van der Waals surface area contributed by atoms with Crippen molar-refractivity contribution in [3.05, 3.63) is 11.7 Å². The molecule has 1 heterocycles. The molecule has 4 nitrogen and oxygen atoms in total. The SMILES string of the molecule is CC1CCC(c2noc(CC(=O)C(F)(F)F)n2)C1. The summed E-state index contributed by atoms with van der Waals surface area (Å²) in [6.07, 6.45) is -2.86. The van der Waals surface area contributed by atoms with Crippen LogP contribution >= 0.6 is 0 Å². The predicted octanol–water partition coefficient (Wildman–Crippen LogP) is 2.65. The molecule has 1 aliphatic carbocycles. The molecule has 2 unspecified atom stereocenters. The highest BCUT2D eigenvalue weighted by Crippen LogP contribution is 2.36. The Balaban J connectivity index is 2.00. The van der Waals surface area contributed by atoms with Gasteiger partial charge in [0.1, 0.15) is 0 Å². The molecule has 0 saturated heterocycles. The van der Waals surface area contributed by atoms with Crippen LogP contribution in [0.1, 0.15) is 43.8 Å². The molecule has 0 spiro atoms. The fraction of sp³-hybridized carbons (Fsp3) is 0.727. The smallest absolute Gasteiger partial charge is 0.339 e. The highest BCUT2D eigenvalue weighted by molar-refractivity contribution is 5.85. The van der Waals surface area contributed by atoms with E-state index in [1.165, 1.54) is 0 Å². The Kier molecular flexibility index (Phi) is 3.41. The van der Waals surface area contributed by atoms with Crippen molar-refractivity contribution >= 4 is 5.78 Å². The summed E-state index contributed by atoms with van der Waals surface area (Å²) in [5.74, 6) is -0.999. The normalized spacial score (nSPS) is 24.4. The second-order valence-electron chi connectivity index (χ2n) is 4.76. The van der Waals surface area contributed by atoms with Gasteiger partial charge in [-0.3, -0.25) is 4.79 Å². The molecular formula is C11H13F3N2O2. The predicted molar refractivity (Wildman–Crippen MR) is 54.8 cm³/mol. The van der Waals surface area contributed by atoms with E-state index in [1.807, 2.05) is 0 Å². The highest BCUT2D eigenvalue weighted by Gasteiger charge is 2.39. The van der Waals surface area contributed by atoms with Gasteiger partial charge in [0, 0.05) is 5.92 Å². The van der Waals surface area contributed by atoms with Gasteiger partial charge in [-0.15, -0.1) is 0 Å². The van der Waals surface area contributed by atoms with Gasteiger partial charge in [-0.1, -0.05) is 12.1 Å². The van der Waals surface area contributed by atoms with Crippen LogP contribution in [0.2, 0.25) is 0 Å². The van der Waals surface area contributed by atoms with Gasteiger partial charge in [0.05, 0.1) is 6.42 Å². The summed E-state index contributed by atoms with van der Waals surface area (Å²) in [6.45, 7) is 2.11. The number of carbonyl (C=O) groups excluding carboxylic acids is 1. The van der Waals surface area contributed by atoms with Gasteiger partial charge in [0.25, 0.3) is 0 Å². The number of rotatable bonds is 3. The maximum absolute atomic E-state index is 12.1. The summed E-state index contributed by atoms with van der Waals surface area (Å²) in [7, 11) is 0. The summed E-state index contributed by atoms with van der Waals surface area (Å²) in [5.41, 5.74) is 0. The summed E-state index contributed by atoms with van der Waals surface area (Å²) >= 11 is 0. The monoisotopic (exact) mass is 262 g/mol. The lowest BCUT2D eigenvalue weighted by atomic mass is 10.1. The van der Waals surface area contributed by atoms with Crippen LogP contribution in [0.5, 0.6) is 0 Å². The van der Waals surface area contributed by atoms with Crippen LogP contribution in [0, 0.1) is 5.92 Å². The number of nitrogens with zero attached hydrogens (tertiary/aromatic N) is 2. The van der Waals surface area contributed by atoms with Crippen molar-refractivity contribution in [2.24, 2.45) is 5.92 Å². The number of carbonyl (C=O) groups is 1. The first kappa shape index (κ1) is 13.0. The van der Waals surface area contributed by atoms with Crippen molar-refractivity contribution < 1.29 is 22.5 Å². The molecule has 0 radical (unpaired) electrons. The van der Waals surface area contributed by atoms with Gasteiger partial charge in [-0.2, -0.15) is 18.2 Å². The zero-order valence-corrected chi connectivity index (χ0v) is 9.83. The summed E-state index contributed by atoms with van der Waals surface area (Å²) in [5, 5.41) is 3.66. The van der Waals surface area contributed by atoms with E-state index in [9.17, 15) is 18.0 Å². The number of ketones is 1. The first-order chi connectivity index (χ1) is 8.36. The number of Topliss-reactive ketones (excluding diaryl/α,β-unsaturated/α-hetero) is 1. The van der Waals surface area contributed by atoms with Gasteiger partial charge in [0.15, 0.2) is 5.82 Å². The van der Waals surface area contributed by atoms with Crippen LogP contribution in [-0.2, 0) is 11.2 Å². The fourth-order valence-electron chi connectivity index (χ4n) is 2.18. The minimum Gasteiger partial charge on any atom is -0.339 e. The zero-order valence-electron chi connectivity index (χ0n) is 9.83. The van der Waals surface area contributed by atoms with Crippen molar-refractivity contribution in [1.82, 2.24) is 10.1 Å². The van der Waals surface area contributed by atoms with Crippen molar-refractivity contribution in [1.29, 1.82) is 0 Å². The van der Waals surface area contributed by atoms with Crippen LogP contribution in [0.25, 0.3) is 0 Å². The van der Waals surface area contributed by atoms with E-state index in [2.05, 4.69) is 17.1 Å². The van der Waals surface area contributed by atoms with Crippen molar-refractivity contribution in [2.75, 3.05) is 0 Å². The Hall–Kier alpha value is -1.40. The quantitative estimate of drug-likeness (QED) is 0.840. The van der Waals surface area contributed by atoms with Crippen LogP contribution in [-0.4, -0.2) is 22.1 Å². The van der Waals surface area contributed by atoms with E-state index in [4.69, 9.17) is 4.52 Å². The molecule has 18 heavy (non-hydrogen) atoms. The number of hydrogen-bond donors (Lipinski definition) is 0. The molecule has 1 fully saturated rings. The molecule has 1 aromatic rings. The largest absolute Gasteiger partial charge is 0.450 e. The summed E-state index contributed by atoms with van der Waals surface area (Å²) in [6, 6.07) is 0. The molecule has 1 aliphatic rings. The van der Waals surface area contributed by atoms with Crippen molar-refractivity contribution in [2.45, 2.75) is 44.7 Å². The van der Waals surface area contributed by atoms with Gasteiger partial charge in [0.2, 0.25) is 11.7 Å². The van der Waals surface area contributed by atoms with Crippen LogP contribution in [0.3, 0.4) is 0 Å². The lowest BCUT2D eigenvalue weighted by molar-refractivity contribution is -0.170. The molecule has 1 saturated carbocycles. The molecule has 0 aromatic carbocycles. The molecule has 0 N–H and O–H groups in total. The third kappa shape index (κ3) is 2.88. The number of alkyl halides is 3. The Morgan fingerprint density at radius 1 is 1.44 bits per heavy atom. The Bertz CT molecular complexity index is 442. The standard InChI is InChI=1S/C11H13F3N2O2/c1-6-2-3-7(4-6)10-15-9(18-16-10)5-8(17)11(12,13)14/h6-7H,2-5H2,1H3. The highest BCUT2D eigenvalue weighted by atomic mass is 19.4. The lowest BCUT2D eigenvalue weighted by Crippen LogP contribution is -2.24. The van der Waals surface area contributed by atoms with E-state index in [0.29, 0.717) is 11.7 Å². The van der Waals surface area contributed by atoms with E-state index in [-0.39, 0.29) is 11.8 Å². The van der Waals surface area contributed by atoms with E-state index >= 15 is 0 Å². The van der Waals surface area contributed by atoms with Crippen molar-refractivity contribution in [3.63, 3.8) is 0 Å². The Morgan fingerprint density at radius 3 is 2.72 bits per heavy atom. The average molecular weight is 262 g/mol. The maximum Gasteiger partial charge on any atom is 0.450 e. The van der Waals surface area contributed by atoms with Crippen LogP contribution < -0.4 is 0 Å². The molecule has 0 amide bonds. The molecule has 1 aromatic heterocycles. The number of halogens is 3.